The van der Waals surface area contributed by atoms with Crippen molar-refractivity contribution in [1.29, 1.82) is 0 Å². The zero-order chi connectivity index (χ0) is 13.4. The monoisotopic (exact) mass is 275 g/mol. The molecule has 2 atom stereocenters. The van der Waals surface area contributed by atoms with Crippen LogP contribution in [-0.4, -0.2) is 28.6 Å². The van der Waals surface area contributed by atoms with Gasteiger partial charge in [0.15, 0.2) is 0 Å². The van der Waals surface area contributed by atoms with Crippen molar-refractivity contribution in [3.8, 4) is 0 Å². The highest BCUT2D eigenvalue weighted by Gasteiger charge is 2.35. The van der Waals surface area contributed by atoms with Gasteiger partial charge in [-0.3, -0.25) is 9.69 Å². The summed E-state index contributed by atoms with van der Waals surface area (Å²) in [4.78, 5) is 13.4. The lowest BCUT2D eigenvalue weighted by molar-refractivity contribution is -0.142. The van der Waals surface area contributed by atoms with E-state index in [2.05, 4.69) is 34.5 Å². The summed E-state index contributed by atoms with van der Waals surface area (Å²) in [7, 11) is 0. The third-order valence-electron chi connectivity index (χ3n) is 4.14. The molecule has 1 aliphatic rings. The minimum absolute atomic E-state index is 0.121. The first-order valence-corrected chi connectivity index (χ1v) is 7.47. The summed E-state index contributed by atoms with van der Waals surface area (Å²) in [6.45, 7) is 3.76. The molecular formula is C15H17NO2S. The number of rotatable bonds is 3. The summed E-state index contributed by atoms with van der Waals surface area (Å²) in [5.74, 6) is -0.880. The number of carbonyl (C=O) groups is 1. The number of hydrogen-bond donors (Lipinski definition) is 1. The fraction of sp³-hybridized carbons (Fsp3) is 0.400. The van der Waals surface area contributed by atoms with E-state index in [0.29, 0.717) is 0 Å². The highest BCUT2D eigenvalue weighted by atomic mass is 32.1. The van der Waals surface area contributed by atoms with Crippen LogP contribution in [0.25, 0.3) is 10.1 Å². The molecule has 1 aromatic carbocycles. The molecule has 0 aliphatic carbocycles. The van der Waals surface area contributed by atoms with E-state index < -0.39 is 5.97 Å². The predicted molar refractivity (Wildman–Crippen MR) is 77.4 cm³/mol. The quantitative estimate of drug-likeness (QED) is 0.935. The van der Waals surface area contributed by atoms with Gasteiger partial charge in [0.05, 0.1) is 5.92 Å². The minimum atomic E-state index is -0.662. The van der Waals surface area contributed by atoms with Crippen LogP contribution >= 0.6 is 11.3 Å². The summed E-state index contributed by atoms with van der Waals surface area (Å²) < 4.78 is 1.30. The Balaban J connectivity index is 1.81. The van der Waals surface area contributed by atoms with Gasteiger partial charge in [0.1, 0.15) is 0 Å². The Labute approximate surface area is 116 Å². The first-order chi connectivity index (χ1) is 9.16. The number of benzene rings is 1. The van der Waals surface area contributed by atoms with Gasteiger partial charge in [-0.1, -0.05) is 18.2 Å². The standard InChI is InChI=1S/C15H17NO2S/c1-10-12(15(17)18)6-7-16(10)8-11-9-19-14-5-3-2-4-13(11)14/h2-5,9-10,12H,6-8H2,1H3,(H,17,18). The summed E-state index contributed by atoms with van der Waals surface area (Å²) >= 11 is 1.76. The van der Waals surface area contributed by atoms with Crippen LogP contribution in [0.1, 0.15) is 18.9 Å². The molecule has 1 aliphatic heterocycles. The topological polar surface area (TPSA) is 40.5 Å². The van der Waals surface area contributed by atoms with Crippen molar-refractivity contribution in [1.82, 2.24) is 4.90 Å². The van der Waals surface area contributed by atoms with Crippen molar-refractivity contribution < 1.29 is 9.90 Å². The predicted octanol–water partition coefficient (Wildman–Crippen LogP) is 3.20. The van der Waals surface area contributed by atoms with Crippen LogP contribution in [0.5, 0.6) is 0 Å². The van der Waals surface area contributed by atoms with E-state index in [1.165, 1.54) is 15.6 Å². The number of nitrogens with zero attached hydrogens (tertiary/aromatic N) is 1. The lowest BCUT2D eigenvalue weighted by atomic mass is 10.0. The molecule has 2 heterocycles. The van der Waals surface area contributed by atoms with Crippen molar-refractivity contribution in [2.24, 2.45) is 5.92 Å². The van der Waals surface area contributed by atoms with Crippen molar-refractivity contribution >= 4 is 27.4 Å². The van der Waals surface area contributed by atoms with Crippen LogP contribution < -0.4 is 0 Å². The second kappa shape index (κ2) is 4.94. The lowest BCUT2D eigenvalue weighted by Gasteiger charge is -2.22. The number of fused-ring (bicyclic) bond motifs is 1. The summed E-state index contributed by atoms with van der Waals surface area (Å²) in [5.41, 5.74) is 1.32. The number of hydrogen-bond acceptors (Lipinski definition) is 3. The minimum Gasteiger partial charge on any atom is -0.481 e. The van der Waals surface area contributed by atoms with E-state index in [-0.39, 0.29) is 12.0 Å². The molecule has 1 fully saturated rings. The van der Waals surface area contributed by atoms with Crippen LogP contribution in [0.4, 0.5) is 0 Å². The molecule has 1 aromatic heterocycles. The zero-order valence-electron chi connectivity index (χ0n) is 10.9. The second-order valence-corrected chi connectivity index (χ2v) is 6.11. The highest BCUT2D eigenvalue weighted by molar-refractivity contribution is 7.17. The molecule has 0 saturated carbocycles. The second-order valence-electron chi connectivity index (χ2n) is 5.20. The fourth-order valence-corrected chi connectivity index (χ4v) is 3.89. The molecule has 1 N–H and O–H groups in total. The van der Waals surface area contributed by atoms with E-state index in [1.54, 1.807) is 11.3 Å². The Morgan fingerprint density at radius 3 is 3.00 bits per heavy atom. The molecule has 1 saturated heterocycles. The van der Waals surface area contributed by atoms with E-state index >= 15 is 0 Å². The number of carboxylic acid groups (broad SMARTS) is 1. The van der Waals surface area contributed by atoms with Crippen LogP contribution in [0, 0.1) is 5.92 Å². The Morgan fingerprint density at radius 2 is 2.26 bits per heavy atom. The number of carboxylic acids is 1. The van der Waals surface area contributed by atoms with Crippen LogP contribution in [-0.2, 0) is 11.3 Å². The van der Waals surface area contributed by atoms with Crippen molar-refractivity contribution in [3.63, 3.8) is 0 Å². The van der Waals surface area contributed by atoms with Gasteiger partial charge in [0, 0.05) is 17.3 Å². The van der Waals surface area contributed by atoms with Crippen molar-refractivity contribution in [2.45, 2.75) is 25.9 Å². The van der Waals surface area contributed by atoms with E-state index in [9.17, 15) is 9.90 Å². The smallest absolute Gasteiger partial charge is 0.308 e. The number of likely N-dealkylation sites (tertiary alicyclic amines) is 1. The molecule has 0 bridgehead atoms. The van der Waals surface area contributed by atoms with Crippen LogP contribution in [0.15, 0.2) is 29.6 Å². The Bertz CT molecular complexity index is 607. The molecule has 19 heavy (non-hydrogen) atoms. The van der Waals surface area contributed by atoms with Crippen LogP contribution in [0.2, 0.25) is 0 Å². The average molecular weight is 275 g/mol. The fourth-order valence-electron chi connectivity index (χ4n) is 2.93. The summed E-state index contributed by atoms with van der Waals surface area (Å²) in [6, 6.07) is 8.53. The van der Waals surface area contributed by atoms with Crippen molar-refractivity contribution in [3.05, 3.63) is 35.2 Å². The molecule has 0 radical (unpaired) electrons. The average Bonchev–Trinajstić information content (AvgIpc) is 2.96. The summed E-state index contributed by atoms with van der Waals surface area (Å²) in [6.07, 6.45) is 0.762. The lowest BCUT2D eigenvalue weighted by Crippen LogP contribution is -2.32. The Morgan fingerprint density at radius 1 is 1.47 bits per heavy atom. The number of aliphatic carboxylic acids is 1. The first-order valence-electron chi connectivity index (χ1n) is 6.59. The van der Waals surface area contributed by atoms with Gasteiger partial charge >= 0.3 is 5.97 Å². The van der Waals surface area contributed by atoms with Crippen LogP contribution in [0.3, 0.4) is 0 Å². The molecular weight excluding hydrogens is 258 g/mol. The molecule has 2 aromatic rings. The largest absolute Gasteiger partial charge is 0.481 e. The van der Waals surface area contributed by atoms with Gasteiger partial charge in [-0.2, -0.15) is 0 Å². The maximum absolute atomic E-state index is 11.1. The maximum atomic E-state index is 11.1. The molecule has 0 spiro atoms. The third-order valence-corrected chi connectivity index (χ3v) is 5.15. The zero-order valence-corrected chi connectivity index (χ0v) is 11.7. The van der Waals surface area contributed by atoms with E-state index in [1.807, 2.05) is 6.92 Å². The van der Waals surface area contributed by atoms with Gasteiger partial charge in [0.2, 0.25) is 0 Å². The molecule has 0 amide bonds. The Hall–Kier alpha value is -1.39. The van der Waals surface area contributed by atoms with Gasteiger partial charge in [0.25, 0.3) is 0 Å². The SMILES string of the molecule is CC1C(C(=O)O)CCN1Cc1csc2ccccc12. The molecule has 2 unspecified atom stereocenters. The first kappa shape index (κ1) is 12.6. The molecule has 100 valence electrons. The van der Waals surface area contributed by atoms with E-state index in [0.717, 1.165) is 19.5 Å². The number of thiophene rings is 1. The van der Waals surface area contributed by atoms with Gasteiger partial charge in [-0.05, 0) is 42.3 Å². The third kappa shape index (κ3) is 2.26. The van der Waals surface area contributed by atoms with Gasteiger partial charge in [-0.25, -0.2) is 0 Å². The van der Waals surface area contributed by atoms with Gasteiger partial charge < -0.3 is 5.11 Å². The Kier molecular flexibility index (Phi) is 3.29. The normalized spacial score (nSPS) is 24.1. The van der Waals surface area contributed by atoms with Crippen molar-refractivity contribution in [2.75, 3.05) is 6.54 Å². The molecule has 4 heteroatoms. The maximum Gasteiger partial charge on any atom is 0.308 e. The summed E-state index contributed by atoms with van der Waals surface area (Å²) in [5, 5.41) is 12.7. The van der Waals surface area contributed by atoms with E-state index in [4.69, 9.17) is 0 Å². The highest BCUT2D eigenvalue weighted by Crippen LogP contribution is 2.31. The molecule has 3 rings (SSSR count). The van der Waals surface area contributed by atoms with Gasteiger partial charge in [-0.15, -0.1) is 11.3 Å². The molecule has 3 nitrogen and oxygen atoms in total.